The highest BCUT2D eigenvalue weighted by Gasteiger charge is 2.18. The lowest BCUT2D eigenvalue weighted by molar-refractivity contribution is 1.04. The maximum absolute atomic E-state index is 11.8. The number of aromatic nitrogens is 2. The zero-order chi connectivity index (χ0) is 11.1. The van der Waals surface area contributed by atoms with Gasteiger partial charge in [-0.05, 0) is 28.1 Å². The molecule has 0 unspecified atom stereocenters. The summed E-state index contributed by atoms with van der Waals surface area (Å²) in [5.41, 5.74) is 1.78. The SMILES string of the molecule is O=c1[nH]c(-c2ccc(Br)s2)nc2c1CSC2. The summed E-state index contributed by atoms with van der Waals surface area (Å²) >= 11 is 6.71. The molecule has 1 aliphatic heterocycles. The van der Waals surface area contributed by atoms with Gasteiger partial charge in [-0.2, -0.15) is 11.8 Å². The van der Waals surface area contributed by atoms with Crippen LogP contribution in [-0.4, -0.2) is 9.97 Å². The number of H-pyrrole nitrogens is 1. The molecule has 3 rings (SSSR count). The molecule has 0 saturated carbocycles. The van der Waals surface area contributed by atoms with Crippen molar-refractivity contribution in [1.82, 2.24) is 9.97 Å². The number of thioether (sulfide) groups is 1. The van der Waals surface area contributed by atoms with Crippen LogP contribution in [0.3, 0.4) is 0 Å². The summed E-state index contributed by atoms with van der Waals surface area (Å²) in [7, 11) is 0. The molecule has 1 N–H and O–H groups in total. The molecule has 0 radical (unpaired) electrons. The average Bonchev–Trinajstić information content (AvgIpc) is 2.85. The fourth-order valence-corrected chi connectivity index (χ4v) is 3.99. The van der Waals surface area contributed by atoms with Gasteiger partial charge < -0.3 is 4.98 Å². The Morgan fingerprint density at radius 2 is 2.25 bits per heavy atom. The van der Waals surface area contributed by atoms with Crippen molar-refractivity contribution in [3.63, 3.8) is 0 Å². The minimum atomic E-state index is 0.00882. The van der Waals surface area contributed by atoms with Crippen LogP contribution >= 0.6 is 39.0 Å². The summed E-state index contributed by atoms with van der Waals surface area (Å²) in [6, 6.07) is 3.92. The molecule has 0 aliphatic carbocycles. The summed E-state index contributed by atoms with van der Waals surface area (Å²) in [6.45, 7) is 0. The van der Waals surface area contributed by atoms with E-state index in [0.29, 0.717) is 5.82 Å². The molecule has 3 heterocycles. The van der Waals surface area contributed by atoms with Crippen molar-refractivity contribution in [3.05, 3.63) is 37.5 Å². The molecule has 6 heteroatoms. The van der Waals surface area contributed by atoms with E-state index in [1.807, 2.05) is 12.1 Å². The number of nitrogens with one attached hydrogen (secondary N) is 1. The number of thiophene rings is 1. The molecule has 0 fully saturated rings. The number of hydrogen-bond donors (Lipinski definition) is 1. The first-order valence-electron chi connectivity index (χ1n) is 4.69. The first-order chi connectivity index (χ1) is 7.74. The monoisotopic (exact) mass is 314 g/mol. The number of rotatable bonds is 1. The van der Waals surface area contributed by atoms with Crippen molar-refractivity contribution >= 4 is 39.0 Å². The van der Waals surface area contributed by atoms with Gasteiger partial charge in [0.15, 0.2) is 5.82 Å². The summed E-state index contributed by atoms with van der Waals surface area (Å²) in [5, 5.41) is 0. The van der Waals surface area contributed by atoms with Gasteiger partial charge in [-0.25, -0.2) is 4.98 Å². The molecule has 1 aliphatic rings. The Kier molecular flexibility index (Phi) is 2.65. The number of hydrogen-bond acceptors (Lipinski definition) is 4. The summed E-state index contributed by atoms with van der Waals surface area (Å²) in [4.78, 5) is 20.1. The van der Waals surface area contributed by atoms with E-state index in [4.69, 9.17) is 0 Å². The summed E-state index contributed by atoms with van der Waals surface area (Å²) in [6.07, 6.45) is 0. The van der Waals surface area contributed by atoms with E-state index in [0.717, 1.165) is 31.4 Å². The standard InChI is InChI=1S/C10H7BrN2OS2/c11-8-2-1-7(16-8)9-12-6-4-15-3-5(6)10(14)13-9/h1-2H,3-4H2,(H,12,13,14). The molecular weight excluding hydrogens is 308 g/mol. The minimum absolute atomic E-state index is 0.00882. The van der Waals surface area contributed by atoms with Crippen molar-refractivity contribution in [2.75, 3.05) is 0 Å². The van der Waals surface area contributed by atoms with Gasteiger partial charge in [-0.3, -0.25) is 4.79 Å². The highest BCUT2D eigenvalue weighted by Crippen LogP contribution is 2.31. The molecule has 0 bridgehead atoms. The van der Waals surface area contributed by atoms with Gasteiger partial charge in [0.2, 0.25) is 0 Å². The lowest BCUT2D eigenvalue weighted by Crippen LogP contribution is -2.14. The molecule has 3 nitrogen and oxygen atoms in total. The van der Waals surface area contributed by atoms with Crippen LogP contribution in [0.4, 0.5) is 0 Å². The second-order valence-electron chi connectivity index (χ2n) is 3.44. The zero-order valence-corrected chi connectivity index (χ0v) is 11.3. The van der Waals surface area contributed by atoms with Gasteiger partial charge in [0, 0.05) is 17.1 Å². The Bertz CT molecular complexity index is 605. The fraction of sp³-hybridized carbons (Fsp3) is 0.200. The predicted octanol–water partition coefficient (Wildman–Crippen LogP) is 3.01. The highest BCUT2D eigenvalue weighted by atomic mass is 79.9. The van der Waals surface area contributed by atoms with Crippen molar-refractivity contribution in [2.45, 2.75) is 11.5 Å². The Hall–Kier alpha value is -0.590. The minimum Gasteiger partial charge on any atom is -0.306 e. The molecule has 0 saturated heterocycles. The van der Waals surface area contributed by atoms with E-state index < -0.39 is 0 Å². The van der Waals surface area contributed by atoms with E-state index in [1.54, 1.807) is 23.1 Å². The fourth-order valence-electron chi connectivity index (χ4n) is 1.62. The summed E-state index contributed by atoms with van der Waals surface area (Å²) in [5.74, 6) is 2.31. The Morgan fingerprint density at radius 3 is 3.00 bits per heavy atom. The van der Waals surface area contributed by atoms with Gasteiger partial charge in [0.05, 0.1) is 14.4 Å². The molecule has 0 atom stereocenters. The van der Waals surface area contributed by atoms with E-state index in [1.165, 1.54) is 0 Å². The largest absolute Gasteiger partial charge is 0.306 e. The average molecular weight is 315 g/mol. The van der Waals surface area contributed by atoms with Crippen LogP contribution in [0.2, 0.25) is 0 Å². The van der Waals surface area contributed by atoms with E-state index in [9.17, 15) is 4.79 Å². The van der Waals surface area contributed by atoms with Crippen molar-refractivity contribution in [2.24, 2.45) is 0 Å². The van der Waals surface area contributed by atoms with E-state index >= 15 is 0 Å². The number of halogens is 1. The van der Waals surface area contributed by atoms with Crippen LogP contribution < -0.4 is 5.56 Å². The van der Waals surface area contributed by atoms with Crippen LogP contribution in [0.25, 0.3) is 10.7 Å². The van der Waals surface area contributed by atoms with E-state index in [2.05, 4.69) is 25.9 Å². The first kappa shape index (κ1) is 10.6. The second kappa shape index (κ2) is 4.01. The van der Waals surface area contributed by atoms with Crippen molar-refractivity contribution < 1.29 is 0 Å². The number of fused-ring (bicyclic) bond motifs is 1. The molecule has 82 valence electrons. The highest BCUT2D eigenvalue weighted by molar-refractivity contribution is 9.11. The number of aromatic amines is 1. The second-order valence-corrected chi connectivity index (χ2v) is 6.88. The third-order valence-corrected chi connectivity index (χ3v) is 4.99. The molecule has 0 aromatic carbocycles. The maximum Gasteiger partial charge on any atom is 0.255 e. The topological polar surface area (TPSA) is 45.8 Å². The van der Waals surface area contributed by atoms with Crippen LogP contribution in [0.1, 0.15) is 11.3 Å². The van der Waals surface area contributed by atoms with Crippen LogP contribution in [0.15, 0.2) is 20.7 Å². The third-order valence-electron chi connectivity index (χ3n) is 2.39. The lowest BCUT2D eigenvalue weighted by atomic mass is 10.2. The van der Waals surface area contributed by atoms with Crippen LogP contribution in [0, 0.1) is 0 Å². The van der Waals surface area contributed by atoms with Gasteiger partial charge in [-0.15, -0.1) is 11.3 Å². The zero-order valence-electron chi connectivity index (χ0n) is 8.12. The molecule has 16 heavy (non-hydrogen) atoms. The molecule has 2 aromatic rings. The van der Waals surface area contributed by atoms with Crippen molar-refractivity contribution in [3.8, 4) is 10.7 Å². The normalized spacial score (nSPS) is 14.1. The van der Waals surface area contributed by atoms with E-state index in [-0.39, 0.29) is 5.56 Å². The number of nitrogens with zero attached hydrogens (tertiary/aromatic N) is 1. The quantitative estimate of drug-likeness (QED) is 0.880. The molecule has 0 spiro atoms. The third kappa shape index (κ3) is 1.74. The van der Waals surface area contributed by atoms with Gasteiger partial charge in [0.1, 0.15) is 0 Å². The molecular formula is C10H7BrN2OS2. The van der Waals surface area contributed by atoms with Gasteiger partial charge >= 0.3 is 0 Å². The lowest BCUT2D eigenvalue weighted by Gasteiger charge is -2.00. The molecule has 0 amide bonds. The Labute approximate surface area is 108 Å². The molecule has 2 aromatic heterocycles. The predicted molar refractivity (Wildman–Crippen MR) is 70.9 cm³/mol. The van der Waals surface area contributed by atoms with Gasteiger partial charge in [0.25, 0.3) is 5.56 Å². The van der Waals surface area contributed by atoms with Gasteiger partial charge in [-0.1, -0.05) is 0 Å². The summed E-state index contributed by atoms with van der Waals surface area (Å²) < 4.78 is 1.04. The first-order valence-corrected chi connectivity index (χ1v) is 7.46. The Balaban J connectivity index is 2.16. The maximum atomic E-state index is 11.8. The van der Waals surface area contributed by atoms with Crippen molar-refractivity contribution in [1.29, 1.82) is 0 Å². The van der Waals surface area contributed by atoms with Crippen LogP contribution in [0.5, 0.6) is 0 Å². The smallest absolute Gasteiger partial charge is 0.255 e. The Morgan fingerprint density at radius 1 is 1.38 bits per heavy atom. The van der Waals surface area contributed by atoms with Crippen LogP contribution in [-0.2, 0) is 11.5 Å².